The van der Waals surface area contributed by atoms with E-state index in [-0.39, 0.29) is 47.1 Å². The first-order valence-electron chi connectivity index (χ1n) is 12.3. The van der Waals surface area contributed by atoms with Gasteiger partial charge in [0.05, 0.1) is 11.7 Å². The number of phenols is 1. The van der Waals surface area contributed by atoms with E-state index < -0.39 is 33.9 Å². The lowest BCUT2D eigenvalue weighted by atomic mass is 10.0. The molecule has 37 heavy (non-hydrogen) atoms. The standard InChI is InChI=1S/C25H29N3O8S/c1-15-18(13-22(36-15)37(33,34)27-8-2-3-9-27)24(31)26-19(12-16-5-4-6-17(29)11-16)25(32)28-10-7-21-23(28)20(30)14-35-21/h4-6,11,13,19,21,23,29H,2-3,7-10,12,14H2,1H3,(H,26,31). The van der Waals surface area contributed by atoms with E-state index in [0.717, 1.165) is 12.8 Å². The van der Waals surface area contributed by atoms with E-state index in [1.807, 2.05) is 0 Å². The Morgan fingerprint density at radius 1 is 1.19 bits per heavy atom. The zero-order valence-electron chi connectivity index (χ0n) is 20.4. The summed E-state index contributed by atoms with van der Waals surface area (Å²) in [6.45, 7) is 2.54. The summed E-state index contributed by atoms with van der Waals surface area (Å²) in [6.07, 6.45) is 1.74. The van der Waals surface area contributed by atoms with Crippen molar-refractivity contribution in [2.45, 2.75) is 55.9 Å². The number of ether oxygens (including phenoxy) is 1. The maximum absolute atomic E-state index is 13.6. The summed E-state index contributed by atoms with van der Waals surface area (Å²) >= 11 is 0. The first-order chi connectivity index (χ1) is 17.6. The average molecular weight is 532 g/mol. The van der Waals surface area contributed by atoms with Gasteiger partial charge in [0.15, 0.2) is 5.78 Å². The number of sulfonamides is 1. The van der Waals surface area contributed by atoms with E-state index in [0.29, 0.717) is 31.6 Å². The van der Waals surface area contributed by atoms with Crippen LogP contribution in [0.5, 0.6) is 5.75 Å². The number of nitrogens with one attached hydrogen (secondary N) is 1. The van der Waals surface area contributed by atoms with Crippen molar-refractivity contribution >= 4 is 27.6 Å². The summed E-state index contributed by atoms with van der Waals surface area (Å²) in [5, 5.41) is 12.3. The Balaban J connectivity index is 1.40. The highest BCUT2D eigenvalue weighted by Crippen LogP contribution is 2.29. The first-order valence-corrected chi connectivity index (χ1v) is 13.7. The Morgan fingerprint density at radius 3 is 2.68 bits per heavy atom. The second-order valence-electron chi connectivity index (χ2n) is 9.63. The van der Waals surface area contributed by atoms with E-state index in [1.165, 1.54) is 34.3 Å². The molecular weight excluding hydrogens is 502 g/mol. The van der Waals surface area contributed by atoms with Gasteiger partial charge in [-0.15, -0.1) is 0 Å². The van der Waals surface area contributed by atoms with Gasteiger partial charge in [-0.1, -0.05) is 12.1 Å². The van der Waals surface area contributed by atoms with E-state index in [9.17, 15) is 27.9 Å². The number of phenolic OH excluding ortho intramolecular Hbond substituents is 1. The van der Waals surface area contributed by atoms with Gasteiger partial charge in [-0.2, -0.15) is 4.31 Å². The maximum atomic E-state index is 13.6. The molecule has 12 heteroatoms. The maximum Gasteiger partial charge on any atom is 0.276 e. The van der Waals surface area contributed by atoms with Crippen LogP contribution in [0, 0.1) is 6.92 Å². The molecule has 3 unspecified atom stereocenters. The zero-order chi connectivity index (χ0) is 26.3. The van der Waals surface area contributed by atoms with E-state index in [1.54, 1.807) is 12.1 Å². The summed E-state index contributed by atoms with van der Waals surface area (Å²) in [6, 6.07) is 5.76. The van der Waals surface area contributed by atoms with Gasteiger partial charge < -0.3 is 24.5 Å². The Morgan fingerprint density at radius 2 is 1.95 bits per heavy atom. The number of aromatic hydroxyl groups is 1. The fraction of sp³-hybridized carbons (Fsp3) is 0.480. The topological polar surface area (TPSA) is 146 Å². The van der Waals surface area contributed by atoms with Crippen molar-refractivity contribution in [3.63, 3.8) is 0 Å². The van der Waals surface area contributed by atoms with Crippen molar-refractivity contribution in [1.82, 2.24) is 14.5 Å². The number of furan rings is 1. The molecule has 2 N–H and O–H groups in total. The van der Waals surface area contributed by atoms with Crippen LogP contribution in [0.15, 0.2) is 39.8 Å². The average Bonchev–Trinajstić information content (AvgIpc) is 3.65. The molecule has 5 rings (SSSR count). The van der Waals surface area contributed by atoms with Gasteiger partial charge in [-0.05, 0) is 43.9 Å². The van der Waals surface area contributed by atoms with Crippen molar-refractivity contribution in [2.75, 3.05) is 26.2 Å². The number of amides is 2. The summed E-state index contributed by atoms with van der Waals surface area (Å²) in [5.74, 6) is -1.18. The fourth-order valence-electron chi connectivity index (χ4n) is 5.26. The van der Waals surface area contributed by atoms with Crippen LogP contribution in [-0.4, -0.2) is 84.8 Å². The first kappa shape index (κ1) is 25.4. The molecule has 3 saturated heterocycles. The second kappa shape index (κ2) is 9.92. The Labute approximate surface area is 214 Å². The van der Waals surface area contributed by atoms with Crippen LogP contribution in [0.25, 0.3) is 0 Å². The van der Waals surface area contributed by atoms with Gasteiger partial charge >= 0.3 is 0 Å². The number of nitrogens with zero attached hydrogens (tertiary/aromatic N) is 2. The summed E-state index contributed by atoms with van der Waals surface area (Å²) in [5.41, 5.74) is 0.607. The zero-order valence-corrected chi connectivity index (χ0v) is 21.2. The largest absolute Gasteiger partial charge is 0.508 e. The van der Waals surface area contributed by atoms with Crippen molar-refractivity contribution < 1.29 is 37.1 Å². The third-order valence-electron chi connectivity index (χ3n) is 7.15. The van der Waals surface area contributed by atoms with Crippen molar-refractivity contribution in [3.8, 4) is 5.75 Å². The molecule has 3 fully saturated rings. The lowest BCUT2D eigenvalue weighted by Gasteiger charge is -2.27. The molecular formula is C25H29N3O8S. The molecule has 0 spiro atoms. The number of carbonyl (C=O) groups excluding carboxylic acids is 3. The Kier molecular flexibility index (Phi) is 6.82. The number of fused-ring (bicyclic) bond motifs is 1. The highest BCUT2D eigenvalue weighted by Gasteiger charge is 2.48. The van der Waals surface area contributed by atoms with Crippen LogP contribution in [0.1, 0.15) is 40.9 Å². The summed E-state index contributed by atoms with van der Waals surface area (Å²) < 4.78 is 38.1. The minimum Gasteiger partial charge on any atom is -0.508 e. The number of aryl methyl sites for hydroxylation is 1. The van der Waals surface area contributed by atoms with Gasteiger partial charge in [0.1, 0.15) is 30.2 Å². The quantitative estimate of drug-likeness (QED) is 0.538. The summed E-state index contributed by atoms with van der Waals surface area (Å²) in [7, 11) is -3.87. The Bertz CT molecular complexity index is 1330. The predicted octanol–water partition coefficient (Wildman–Crippen LogP) is 0.988. The van der Waals surface area contributed by atoms with Gasteiger partial charge in [0.2, 0.25) is 11.0 Å². The van der Waals surface area contributed by atoms with Crippen LogP contribution >= 0.6 is 0 Å². The van der Waals surface area contributed by atoms with E-state index >= 15 is 0 Å². The molecule has 3 atom stereocenters. The van der Waals surface area contributed by atoms with Gasteiger partial charge in [0.25, 0.3) is 15.9 Å². The number of rotatable bonds is 7. The molecule has 3 aliphatic heterocycles. The molecule has 3 aliphatic rings. The van der Waals surface area contributed by atoms with Crippen molar-refractivity contribution in [3.05, 3.63) is 47.2 Å². The minimum atomic E-state index is -3.87. The van der Waals surface area contributed by atoms with Crippen molar-refractivity contribution in [1.29, 1.82) is 0 Å². The molecule has 0 radical (unpaired) electrons. The van der Waals surface area contributed by atoms with Crippen LogP contribution in [0.2, 0.25) is 0 Å². The highest BCUT2D eigenvalue weighted by molar-refractivity contribution is 7.89. The number of hydrogen-bond acceptors (Lipinski definition) is 8. The predicted molar refractivity (Wildman–Crippen MR) is 129 cm³/mol. The van der Waals surface area contributed by atoms with Crippen LogP contribution < -0.4 is 5.32 Å². The number of benzene rings is 1. The van der Waals surface area contributed by atoms with Crippen LogP contribution in [0.4, 0.5) is 0 Å². The molecule has 0 aliphatic carbocycles. The molecule has 198 valence electrons. The van der Waals surface area contributed by atoms with E-state index in [4.69, 9.17) is 9.15 Å². The SMILES string of the molecule is Cc1oc(S(=O)(=O)N2CCCC2)cc1C(=O)NC(Cc1cccc(O)c1)C(=O)N1CCC2OCC(=O)C21. The lowest BCUT2D eigenvalue weighted by molar-refractivity contribution is -0.138. The second-order valence-corrected chi connectivity index (χ2v) is 11.5. The van der Waals surface area contributed by atoms with Gasteiger partial charge in [-0.25, -0.2) is 8.42 Å². The normalized spacial score (nSPS) is 22.8. The molecule has 1 aromatic carbocycles. The molecule has 1 aromatic heterocycles. The number of likely N-dealkylation sites (tertiary alicyclic amines) is 1. The smallest absolute Gasteiger partial charge is 0.276 e. The molecule has 4 heterocycles. The molecule has 2 amide bonds. The fourth-order valence-corrected chi connectivity index (χ4v) is 6.75. The highest BCUT2D eigenvalue weighted by atomic mass is 32.2. The van der Waals surface area contributed by atoms with Gasteiger partial charge in [0, 0.05) is 32.1 Å². The Hall–Kier alpha value is -3.22. The molecule has 0 bridgehead atoms. The minimum absolute atomic E-state index is 0.00561. The van der Waals surface area contributed by atoms with Crippen LogP contribution in [-0.2, 0) is 30.8 Å². The molecule has 2 aromatic rings. The van der Waals surface area contributed by atoms with Crippen molar-refractivity contribution in [2.24, 2.45) is 0 Å². The monoisotopic (exact) mass is 531 g/mol. The van der Waals surface area contributed by atoms with Gasteiger partial charge in [-0.3, -0.25) is 14.4 Å². The summed E-state index contributed by atoms with van der Waals surface area (Å²) in [4.78, 5) is 40.8. The number of hydrogen-bond donors (Lipinski definition) is 2. The number of carbonyl (C=O) groups is 3. The number of ketones is 1. The third-order valence-corrected chi connectivity index (χ3v) is 8.90. The molecule has 0 saturated carbocycles. The third kappa shape index (κ3) is 4.88. The van der Waals surface area contributed by atoms with E-state index in [2.05, 4.69) is 5.32 Å². The van der Waals surface area contributed by atoms with Crippen LogP contribution in [0.3, 0.4) is 0 Å². The molecule has 11 nitrogen and oxygen atoms in total. The number of Topliss-reactive ketones (excluding diaryl/α,β-unsaturated/α-hetero) is 1. The lowest BCUT2D eigenvalue weighted by Crippen LogP contribution is -2.53.